The van der Waals surface area contributed by atoms with Crippen LogP contribution in [-0.4, -0.2) is 88.6 Å². The van der Waals surface area contributed by atoms with Crippen LogP contribution in [0, 0.1) is 10.8 Å². The Morgan fingerprint density at radius 3 is 2.22 bits per heavy atom. The van der Waals surface area contributed by atoms with Crippen LogP contribution in [0.25, 0.3) is 0 Å². The second-order valence-electron chi connectivity index (χ2n) is 11.8. The quantitative estimate of drug-likeness (QED) is 0.105. The second kappa shape index (κ2) is 14.8. The molecule has 1 saturated heterocycles. The molecule has 1 aromatic heterocycles. The van der Waals surface area contributed by atoms with E-state index in [1.54, 1.807) is 41.5 Å². The number of aromatic nitrogens is 1. The van der Waals surface area contributed by atoms with Crippen LogP contribution in [0.4, 0.5) is 5.13 Å². The number of nitrogens with zero attached hydrogens (tertiary/aromatic N) is 3. The van der Waals surface area contributed by atoms with E-state index in [2.05, 4.69) is 22.0 Å². The molecule has 2 amide bonds. The molecule has 1 aromatic rings. The topological polar surface area (TPSA) is 215 Å². The van der Waals surface area contributed by atoms with E-state index >= 15 is 0 Å². The number of thioether (sulfide) groups is 1. The molecular weight excluding hydrogens is 646 g/mol. The minimum atomic E-state index is -1.09. The Labute approximate surface area is 272 Å². The molecule has 0 saturated carbocycles. The van der Waals surface area contributed by atoms with E-state index < -0.39 is 83.8 Å². The predicted octanol–water partition coefficient (Wildman–Crippen LogP) is 1.47. The summed E-state index contributed by atoms with van der Waals surface area (Å²) in [4.78, 5) is 85.5. The van der Waals surface area contributed by atoms with Gasteiger partial charge in [0, 0.05) is 11.1 Å². The number of allylic oxidation sites excluding steroid dienone is 1. The Bertz CT molecular complexity index is 1470. The Kier molecular flexibility index (Phi) is 11.6. The van der Waals surface area contributed by atoms with Crippen molar-refractivity contribution in [2.75, 3.05) is 31.7 Å². The van der Waals surface area contributed by atoms with Crippen molar-refractivity contribution in [1.82, 2.24) is 15.2 Å². The molecular formula is C28H35N5O11S2. The number of hydrogen-bond donors (Lipinski definition) is 2. The number of hydrogen-bond acceptors (Lipinski definition) is 16. The number of ether oxygens (including phenoxy) is 4. The molecule has 2 atom stereocenters. The summed E-state index contributed by atoms with van der Waals surface area (Å²) in [7, 11) is 0. The largest absolute Gasteiger partial charge is 0.427 e. The van der Waals surface area contributed by atoms with Gasteiger partial charge in [-0.1, -0.05) is 17.8 Å². The van der Waals surface area contributed by atoms with Crippen molar-refractivity contribution in [2.24, 2.45) is 16.0 Å². The van der Waals surface area contributed by atoms with Crippen molar-refractivity contribution in [1.29, 1.82) is 0 Å². The third kappa shape index (κ3) is 8.84. The minimum Gasteiger partial charge on any atom is -0.427 e. The number of amides is 2. The average molecular weight is 682 g/mol. The first-order valence-corrected chi connectivity index (χ1v) is 15.6. The summed E-state index contributed by atoms with van der Waals surface area (Å²) in [5.41, 5.74) is 4.05. The molecule has 1 unspecified atom stereocenters. The summed E-state index contributed by atoms with van der Waals surface area (Å²) in [6.45, 7) is 11.5. The number of nitrogen functional groups attached to an aromatic ring is 1. The third-order valence-electron chi connectivity index (χ3n) is 6.06. The van der Waals surface area contributed by atoms with Gasteiger partial charge in [-0.3, -0.25) is 24.1 Å². The normalized spacial score (nSPS) is 18.1. The summed E-state index contributed by atoms with van der Waals surface area (Å²) in [6.07, 6.45) is 1.41. The van der Waals surface area contributed by atoms with Crippen molar-refractivity contribution in [3.63, 3.8) is 0 Å². The Morgan fingerprint density at radius 1 is 1.07 bits per heavy atom. The lowest BCUT2D eigenvalue weighted by atomic mass is 9.97. The lowest BCUT2D eigenvalue weighted by molar-refractivity contribution is -0.176. The van der Waals surface area contributed by atoms with Crippen LogP contribution in [0.5, 0.6) is 0 Å². The van der Waals surface area contributed by atoms with E-state index in [9.17, 15) is 28.8 Å². The maximum absolute atomic E-state index is 13.3. The summed E-state index contributed by atoms with van der Waals surface area (Å²) < 4.78 is 19.7. The minimum absolute atomic E-state index is 0.00955. The molecule has 0 aromatic carbocycles. The molecule has 0 spiro atoms. The zero-order chi connectivity index (χ0) is 34.4. The number of anilines is 1. The van der Waals surface area contributed by atoms with Gasteiger partial charge in [0.1, 0.15) is 22.8 Å². The average Bonchev–Trinajstić information content (AvgIpc) is 3.41. The molecule has 1 fully saturated rings. The Hall–Kier alpha value is -4.45. The van der Waals surface area contributed by atoms with Gasteiger partial charge in [0.05, 0.1) is 10.8 Å². The first-order valence-electron chi connectivity index (χ1n) is 13.6. The van der Waals surface area contributed by atoms with Gasteiger partial charge in [0.15, 0.2) is 10.8 Å². The number of nitrogens with one attached hydrogen (secondary N) is 1. The summed E-state index contributed by atoms with van der Waals surface area (Å²) in [5, 5.41) is 7.11. The van der Waals surface area contributed by atoms with Crippen LogP contribution >= 0.6 is 23.1 Å². The molecule has 2 aliphatic rings. The molecule has 16 nitrogen and oxygen atoms in total. The van der Waals surface area contributed by atoms with Crippen LogP contribution in [-0.2, 0) is 52.6 Å². The molecule has 250 valence electrons. The van der Waals surface area contributed by atoms with Crippen LogP contribution in [0.1, 0.15) is 47.2 Å². The van der Waals surface area contributed by atoms with Crippen molar-refractivity contribution < 1.29 is 52.6 Å². The van der Waals surface area contributed by atoms with Crippen LogP contribution in [0.2, 0.25) is 0 Å². The number of nitrogens with two attached hydrogens (primary N) is 1. The standard InChI is InChI=1S/C28H35N5O11S2/c1-8-14-10-45-22-18(21(36)33(22)19(14)23(37)41-13-43-25(39)28(5,6)7)31-20(35)17(15-11-46-26(29)30-15)32-44-9-16(34)40-12-42-24(38)27(2,3)4/h8,11,18,22H,1,9-10,12-13H2,2-7H3,(H2,29,30)(H,31,35)/t18?,22-/m1/s1. The molecule has 46 heavy (non-hydrogen) atoms. The summed E-state index contributed by atoms with van der Waals surface area (Å²) in [5.74, 6) is -4.27. The molecule has 0 radical (unpaired) electrons. The lowest BCUT2D eigenvalue weighted by Gasteiger charge is -2.49. The maximum atomic E-state index is 13.3. The number of carbonyl (C=O) groups is 6. The Balaban J connectivity index is 1.66. The van der Waals surface area contributed by atoms with Crippen molar-refractivity contribution >= 4 is 69.6 Å². The summed E-state index contributed by atoms with van der Waals surface area (Å²) >= 11 is 2.27. The van der Waals surface area contributed by atoms with Gasteiger partial charge in [0.2, 0.25) is 20.2 Å². The number of fused-ring (bicyclic) bond motifs is 1. The Morgan fingerprint density at radius 2 is 1.67 bits per heavy atom. The van der Waals surface area contributed by atoms with E-state index in [4.69, 9.17) is 29.5 Å². The lowest BCUT2D eigenvalue weighted by Crippen LogP contribution is -2.71. The molecule has 3 heterocycles. The van der Waals surface area contributed by atoms with E-state index in [0.29, 0.717) is 5.57 Å². The SMILES string of the molecule is C=CC1=C(C(=O)OCOC(=O)C(C)(C)C)N2C(=O)C(NC(=O)C(=NOCC(=O)OCOC(=O)C(C)(C)C)c3csc(N)n3)[C@H]2SC1. The number of carbonyl (C=O) groups excluding carboxylic acids is 6. The maximum Gasteiger partial charge on any atom is 0.358 e. The highest BCUT2D eigenvalue weighted by Gasteiger charge is 2.54. The number of β-lactam (4-membered cyclic amide) rings is 1. The van der Waals surface area contributed by atoms with Crippen molar-refractivity contribution in [3.05, 3.63) is 35.0 Å². The van der Waals surface area contributed by atoms with Gasteiger partial charge in [0.25, 0.3) is 11.8 Å². The van der Waals surface area contributed by atoms with Crippen molar-refractivity contribution in [3.8, 4) is 0 Å². The first kappa shape index (κ1) is 36.0. The second-order valence-corrected chi connectivity index (χ2v) is 13.8. The van der Waals surface area contributed by atoms with Gasteiger partial charge >= 0.3 is 23.9 Å². The van der Waals surface area contributed by atoms with Crippen LogP contribution in [0.3, 0.4) is 0 Å². The van der Waals surface area contributed by atoms with Crippen LogP contribution < -0.4 is 11.1 Å². The fourth-order valence-electron chi connectivity index (χ4n) is 3.58. The predicted molar refractivity (Wildman–Crippen MR) is 164 cm³/mol. The first-order chi connectivity index (χ1) is 21.4. The van der Waals surface area contributed by atoms with Gasteiger partial charge in [-0.25, -0.2) is 14.6 Å². The van der Waals surface area contributed by atoms with Gasteiger partial charge in [-0.2, -0.15) is 0 Å². The zero-order valence-corrected chi connectivity index (χ0v) is 27.7. The molecule has 0 bridgehead atoms. The molecule has 3 N–H and O–H groups in total. The molecule has 18 heteroatoms. The zero-order valence-electron chi connectivity index (χ0n) is 26.1. The van der Waals surface area contributed by atoms with E-state index in [0.717, 1.165) is 11.3 Å². The smallest absolute Gasteiger partial charge is 0.358 e. The van der Waals surface area contributed by atoms with E-state index in [1.807, 2.05) is 0 Å². The van der Waals surface area contributed by atoms with Crippen LogP contribution in [0.15, 0.2) is 34.5 Å². The number of esters is 4. The number of rotatable bonds is 12. The molecule has 0 aliphatic carbocycles. The highest BCUT2D eigenvalue weighted by molar-refractivity contribution is 8.00. The monoisotopic (exact) mass is 681 g/mol. The van der Waals surface area contributed by atoms with Gasteiger partial charge in [-0.15, -0.1) is 23.1 Å². The summed E-state index contributed by atoms with van der Waals surface area (Å²) in [6, 6.07) is -1.09. The molecule has 2 aliphatic heterocycles. The molecule has 3 rings (SSSR count). The van der Waals surface area contributed by atoms with E-state index in [1.165, 1.54) is 28.1 Å². The number of thiazole rings is 1. The van der Waals surface area contributed by atoms with E-state index in [-0.39, 0.29) is 22.3 Å². The number of oxime groups is 1. The highest BCUT2D eigenvalue weighted by atomic mass is 32.2. The highest BCUT2D eigenvalue weighted by Crippen LogP contribution is 2.41. The fourth-order valence-corrected chi connectivity index (χ4v) is 5.46. The van der Waals surface area contributed by atoms with Gasteiger partial charge in [-0.05, 0) is 47.1 Å². The third-order valence-corrected chi connectivity index (χ3v) is 8.03. The van der Waals surface area contributed by atoms with Gasteiger partial charge < -0.3 is 34.8 Å². The van der Waals surface area contributed by atoms with Crippen molar-refractivity contribution in [2.45, 2.75) is 53.0 Å². The fraction of sp³-hybridized carbons (Fsp3) is 0.500.